The highest BCUT2D eigenvalue weighted by Crippen LogP contribution is 2.30. The van der Waals surface area contributed by atoms with Crippen LogP contribution in [-0.2, 0) is 17.9 Å². The van der Waals surface area contributed by atoms with Crippen LogP contribution in [0.15, 0.2) is 78.0 Å². The summed E-state index contributed by atoms with van der Waals surface area (Å²) < 4.78 is 13.2. The van der Waals surface area contributed by atoms with Crippen molar-refractivity contribution in [3.05, 3.63) is 84.2 Å². The van der Waals surface area contributed by atoms with Crippen LogP contribution in [0.3, 0.4) is 0 Å². The lowest BCUT2D eigenvalue weighted by atomic mass is 10.1. The molecule has 0 radical (unpaired) electrons. The molecule has 35 heavy (non-hydrogen) atoms. The Morgan fingerprint density at radius 3 is 2.54 bits per heavy atom. The van der Waals surface area contributed by atoms with E-state index in [0.717, 1.165) is 22.9 Å². The molecule has 1 heterocycles. The number of ketones is 1. The Kier molecular flexibility index (Phi) is 8.02. The minimum atomic E-state index is -0.289. The highest BCUT2D eigenvalue weighted by molar-refractivity contribution is 7.99. The van der Waals surface area contributed by atoms with Crippen LogP contribution < -0.4 is 4.74 Å². The predicted molar refractivity (Wildman–Crippen MR) is 133 cm³/mol. The lowest BCUT2D eigenvalue weighted by molar-refractivity contribution is 0.102. The van der Waals surface area contributed by atoms with Crippen molar-refractivity contribution in [1.29, 1.82) is 0 Å². The first-order chi connectivity index (χ1) is 17.1. The number of para-hydroxylation sites is 1. The Morgan fingerprint density at radius 1 is 1.00 bits per heavy atom. The molecule has 0 fully saturated rings. The fourth-order valence-corrected chi connectivity index (χ4v) is 4.36. The van der Waals surface area contributed by atoms with Gasteiger partial charge in [0, 0.05) is 25.3 Å². The Labute approximate surface area is 207 Å². The van der Waals surface area contributed by atoms with E-state index >= 15 is 0 Å². The number of benzene rings is 3. The van der Waals surface area contributed by atoms with E-state index < -0.39 is 0 Å². The van der Waals surface area contributed by atoms with Crippen LogP contribution in [0.25, 0.3) is 11.1 Å². The number of aromatic hydroxyl groups is 2. The number of carbonyl (C=O) groups is 1. The molecule has 1 aromatic heterocycles. The third-order valence-electron chi connectivity index (χ3n) is 5.26. The number of phenols is 2. The molecule has 0 bridgehead atoms. The van der Waals surface area contributed by atoms with Crippen LogP contribution in [0.5, 0.6) is 17.2 Å². The molecule has 0 aliphatic carbocycles. The maximum atomic E-state index is 12.6. The second kappa shape index (κ2) is 11.5. The molecule has 0 atom stereocenters. The summed E-state index contributed by atoms with van der Waals surface area (Å²) in [7, 11) is 1.61. The van der Waals surface area contributed by atoms with Crippen LogP contribution in [0.2, 0.25) is 0 Å². The van der Waals surface area contributed by atoms with E-state index in [4.69, 9.17) is 9.47 Å². The number of nitrogens with zero attached hydrogens (tertiary/aromatic N) is 3. The largest absolute Gasteiger partial charge is 0.508 e. The van der Waals surface area contributed by atoms with E-state index in [2.05, 4.69) is 10.2 Å². The van der Waals surface area contributed by atoms with Gasteiger partial charge in [-0.15, -0.1) is 10.2 Å². The summed E-state index contributed by atoms with van der Waals surface area (Å²) in [4.78, 5) is 12.6. The molecular weight excluding hydrogens is 466 g/mol. The summed E-state index contributed by atoms with van der Waals surface area (Å²) in [6.45, 7) is 1.11. The number of methoxy groups -OCH3 is 1. The zero-order valence-corrected chi connectivity index (χ0v) is 19.9. The molecule has 3 aromatic carbocycles. The highest BCUT2D eigenvalue weighted by atomic mass is 32.2. The summed E-state index contributed by atoms with van der Waals surface area (Å²) in [5.74, 6) is 0.719. The molecule has 0 saturated heterocycles. The molecular formula is C26H25N3O5S. The van der Waals surface area contributed by atoms with Crippen molar-refractivity contribution < 1.29 is 24.5 Å². The van der Waals surface area contributed by atoms with Crippen molar-refractivity contribution in [2.24, 2.45) is 0 Å². The molecule has 0 aliphatic heterocycles. The molecule has 0 unspecified atom stereocenters. The van der Waals surface area contributed by atoms with E-state index in [9.17, 15) is 15.0 Å². The SMILES string of the molecule is COCCn1c(COc2ccccc2-c2ccccc2)nnc1SCC(=O)c1ccc(O)cc1O. The maximum absolute atomic E-state index is 12.6. The van der Waals surface area contributed by atoms with Crippen molar-refractivity contribution in [3.63, 3.8) is 0 Å². The fraction of sp³-hybridized carbons (Fsp3) is 0.192. The van der Waals surface area contributed by atoms with E-state index in [1.54, 1.807) is 7.11 Å². The van der Waals surface area contributed by atoms with Gasteiger partial charge in [-0.3, -0.25) is 4.79 Å². The fourth-order valence-electron chi connectivity index (χ4n) is 3.49. The van der Waals surface area contributed by atoms with Crippen molar-refractivity contribution in [1.82, 2.24) is 14.8 Å². The molecule has 9 heteroatoms. The number of thioether (sulfide) groups is 1. The Balaban J connectivity index is 1.49. The first kappa shape index (κ1) is 24.3. The van der Waals surface area contributed by atoms with Gasteiger partial charge in [0.25, 0.3) is 0 Å². The number of rotatable bonds is 11. The Hall–Kier alpha value is -3.82. The molecule has 0 spiro atoms. The van der Waals surface area contributed by atoms with E-state index in [1.165, 1.54) is 23.9 Å². The maximum Gasteiger partial charge on any atom is 0.191 e. The van der Waals surface area contributed by atoms with Gasteiger partial charge in [0.2, 0.25) is 0 Å². The predicted octanol–water partition coefficient (Wildman–Crippen LogP) is 4.56. The average molecular weight is 492 g/mol. The summed E-state index contributed by atoms with van der Waals surface area (Å²) in [5, 5.41) is 28.5. The van der Waals surface area contributed by atoms with Crippen LogP contribution in [-0.4, -0.2) is 50.2 Å². The van der Waals surface area contributed by atoms with Crippen molar-refractivity contribution in [3.8, 4) is 28.4 Å². The van der Waals surface area contributed by atoms with E-state index in [-0.39, 0.29) is 35.2 Å². The smallest absolute Gasteiger partial charge is 0.191 e. The normalized spacial score (nSPS) is 10.9. The Bertz CT molecular complexity index is 1290. The van der Waals surface area contributed by atoms with Gasteiger partial charge >= 0.3 is 0 Å². The van der Waals surface area contributed by atoms with Crippen molar-refractivity contribution in [2.45, 2.75) is 18.3 Å². The molecule has 0 amide bonds. The first-order valence-corrected chi connectivity index (χ1v) is 11.9. The molecule has 0 aliphatic rings. The Morgan fingerprint density at radius 2 is 1.77 bits per heavy atom. The summed E-state index contributed by atoms with van der Waals surface area (Å²) >= 11 is 1.21. The van der Waals surface area contributed by atoms with Crippen LogP contribution in [0, 0.1) is 0 Å². The number of hydrogen-bond donors (Lipinski definition) is 2. The topological polar surface area (TPSA) is 107 Å². The number of ether oxygens (including phenoxy) is 2. The molecule has 2 N–H and O–H groups in total. The van der Waals surface area contributed by atoms with Crippen LogP contribution >= 0.6 is 11.8 Å². The molecule has 180 valence electrons. The number of hydrogen-bond acceptors (Lipinski definition) is 8. The lowest BCUT2D eigenvalue weighted by Gasteiger charge is -2.13. The first-order valence-electron chi connectivity index (χ1n) is 10.9. The minimum Gasteiger partial charge on any atom is -0.508 e. The molecule has 0 saturated carbocycles. The summed E-state index contributed by atoms with van der Waals surface area (Å²) in [6.07, 6.45) is 0. The monoisotopic (exact) mass is 491 g/mol. The van der Waals surface area contributed by atoms with Crippen molar-refractivity contribution >= 4 is 17.5 Å². The number of Topliss-reactive ketones (excluding diaryl/α,β-unsaturated/α-hetero) is 1. The van der Waals surface area contributed by atoms with Gasteiger partial charge in [-0.05, 0) is 23.8 Å². The lowest BCUT2D eigenvalue weighted by Crippen LogP contribution is -2.12. The third-order valence-corrected chi connectivity index (χ3v) is 6.22. The number of carbonyl (C=O) groups excluding carboxylic acids is 1. The van der Waals surface area contributed by atoms with E-state index in [0.29, 0.717) is 24.1 Å². The van der Waals surface area contributed by atoms with Crippen LogP contribution in [0.4, 0.5) is 0 Å². The highest BCUT2D eigenvalue weighted by Gasteiger charge is 2.18. The molecule has 4 rings (SSSR count). The van der Waals surface area contributed by atoms with Gasteiger partial charge in [0.15, 0.2) is 16.8 Å². The van der Waals surface area contributed by atoms with Gasteiger partial charge < -0.3 is 24.3 Å². The summed E-state index contributed by atoms with van der Waals surface area (Å²) in [6, 6.07) is 21.7. The average Bonchev–Trinajstić information content (AvgIpc) is 3.26. The zero-order chi connectivity index (χ0) is 24.6. The van der Waals surface area contributed by atoms with E-state index in [1.807, 2.05) is 59.2 Å². The molecule has 8 nitrogen and oxygen atoms in total. The molecule has 4 aromatic rings. The van der Waals surface area contributed by atoms with Gasteiger partial charge in [-0.25, -0.2) is 0 Å². The number of phenolic OH excluding ortho intramolecular Hbond substituents is 2. The van der Waals surface area contributed by atoms with Gasteiger partial charge in [0.05, 0.1) is 17.9 Å². The number of aromatic nitrogens is 3. The minimum absolute atomic E-state index is 0.0428. The standard InChI is InChI=1S/C26H25N3O5S/c1-33-14-13-29-25(16-34-24-10-6-5-9-20(24)18-7-3-2-4-8-18)27-28-26(29)35-17-23(32)21-12-11-19(30)15-22(21)31/h2-12,15,30-31H,13-14,16-17H2,1H3. The van der Waals surface area contributed by atoms with Gasteiger partial charge in [-0.2, -0.15) is 0 Å². The third kappa shape index (κ3) is 6.00. The van der Waals surface area contributed by atoms with Gasteiger partial charge in [0.1, 0.15) is 23.9 Å². The summed E-state index contributed by atoms with van der Waals surface area (Å²) in [5.41, 5.74) is 2.17. The second-order valence-electron chi connectivity index (χ2n) is 7.61. The van der Waals surface area contributed by atoms with Crippen LogP contribution in [0.1, 0.15) is 16.2 Å². The van der Waals surface area contributed by atoms with Gasteiger partial charge in [-0.1, -0.05) is 60.3 Å². The van der Waals surface area contributed by atoms with Crippen molar-refractivity contribution in [2.75, 3.05) is 19.5 Å². The zero-order valence-electron chi connectivity index (χ0n) is 19.1. The quantitative estimate of drug-likeness (QED) is 0.232. The second-order valence-corrected chi connectivity index (χ2v) is 8.55.